The summed E-state index contributed by atoms with van der Waals surface area (Å²) < 4.78 is 67.0. The smallest absolute Gasteiger partial charge is 0.416 e. The fourth-order valence-corrected chi connectivity index (χ4v) is 4.93. The van der Waals surface area contributed by atoms with Crippen LogP contribution in [0.5, 0.6) is 5.88 Å². The first-order chi connectivity index (χ1) is 20.6. The summed E-state index contributed by atoms with van der Waals surface area (Å²) in [5.41, 5.74) is 2.53. The monoisotopic (exact) mass is 591 g/mol. The lowest BCUT2D eigenvalue weighted by Gasteiger charge is -2.27. The van der Waals surface area contributed by atoms with Crippen molar-refractivity contribution in [2.45, 2.75) is 38.3 Å². The van der Waals surface area contributed by atoms with Gasteiger partial charge in [0, 0.05) is 24.7 Å². The number of pyridine rings is 1. The molecule has 1 aliphatic heterocycles. The fraction of sp³-hybridized carbons (Fsp3) is 0.219. The number of carboxylic acid groups (broad SMARTS) is 1. The number of carboxylic acids is 1. The molecule has 0 aliphatic carbocycles. The fourth-order valence-electron chi connectivity index (χ4n) is 4.93. The number of imidazole rings is 1. The maximum absolute atomic E-state index is 15.4. The third-order valence-electron chi connectivity index (χ3n) is 7.32. The summed E-state index contributed by atoms with van der Waals surface area (Å²) in [4.78, 5) is 20.6. The van der Waals surface area contributed by atoms with Gasteiger partial charge in [-0.1, -0.05) is 24.3 Å². The number of ether oxygens (including phenoxy) is 2. The Kier molecular flexibility index (Phi) is 7.57. The molecule has 1 aliphatic rings. The van der Waals surface area contributed by atoms with Gasteiger partial charge in [-0.2, -0.15) is 13.2 Å². The van der Waals surface area contributed by atoms with E-state index in [1.807, 2.05) is 4.57 Å². The van der Waals surface area contributed by atoms with Gasteiger partial charge in [0.25, 0.3) is 0 Å². The van der Waals surface area contributed by atoms with Crippen LogP contribution in [0, 0.1) is 5.82 Å². The van der Waals surface area contributed by atoms with Gasteiger partial charge < -0.3 is 19.1 Å². The van der Waals surface area contributed by atoms with Crippen LogP contribution < -0.4 is 4.74 Å². The lowest BCUT2D eigenvalue weighted by Crippen LogP contribution is -2.31. The molecule has 0 saturated carbocycles. The molecule has 2 aromatic heterocycles. The molecule has 0 bridgehead atoms. The van der Waals surface area contributed by atoms with Gasteiger partial charge in [0.2, 0.25) is 5.88 Å². The number of aromatic carboxylic acids is 1. The lowest BCUT2D eigenvalue weighted by molar-refractivity contribution is -0.137. The summed E-state index contributed by atoms with van der Waals surface area (Å²) in [6, 6.07) is 19.1. The first kappa shape index (κ1) is 28.4. The van der Waals surface area contributed by atoms with Gasteiger partial charge in [-0.25, -0.2) is 19.2 Å². The van der Waals surface area contributed by atoms with Crippen molar-refractivity contribution in [3.8, 4) is 17.1 Å². The van der Waals surface area contributed by atoms with E-state index in [-0.39, 0.29) is 29.7 Å². The predicted molar refractivity (Wildman–Crippen MR) is 149 cm³/mol. The molecule has 6 rings (SSSR count). The van der Waals surface area contributed by atoms with E-state index >= 15 is 4.39 Å². The van der Waals surface area contributed by atoms with Crippen molar-refractivity contribution in [2.24, 2.45) is 0 Å². The maximum Gasteiger partial charge on any atom is 0.416 e. The van der Waals surface area contributed by atoms with E-state index in [0.717, 1.165) is 18.6 Å². The standard InChI is InChI=1S/C32H25F4N3O4/c33-25-14-20(15-29-37-27-11-7-21(31(40)41)16-28(27)39(29)17-23-12-13-42-23)6-10-24(25)26-2-1-3-30(38-26)43-18-19-4-8-22(9-5-19)32(34,35)36/h1-11,14,16,23H,12-13,15,17-18H2,(H,40,41). The molecule has 5 aromatic rings. The normalized spacial score (nSPS) is 14.9. The number of nitrogens with zero attached hydrogens (tertiary/aromatic N) is 3. The van der Waals surface area contributed by atoms with Crippen LogP contribution in [0.3, 0.4) is 0 Å². The summed E-state index contributed by atoms with van der Waals surface area (Å²) >= 11 is 0. The van der Waals surface area contributed by atoms with Crippen LogP contribution in [-0.2, 0) is 30.5 Å². The van der Waals surface area contributed by atoms with Gasteiger partial charge in [-0.05, 0) is 66.1 Å². The number of rotatable bonds is 9. The zero-order valence-electron chi connectivity index (χ0n) is 22.6. The predicted octanol–water partition coefficient (Wildman–Crippen LogP) is 6.91. The maximum atomic E-state index is 15.4. The number of hydrogen-bond acceptors (Lipinski definition) is 5. The average molecular weight is 592 g/mol. The quantitative estimate of drug-likeness (QED) is 0.188. The van der Waals surface area contributed by atoms with E-state index in [1.165, 1.54) is 24.3 Å². The third-order valence-corrected chi connectivity index (χ3v) is 7.32. The molecule has 1 atom stereocenters. The highest BCUT2D eigenvalue weighted by atomic mass is 19.4. The van der Waals surface area contributed by atoms with Gasteiger partial charge in [0.1, 0.15) is 18.2 Å². The summed E-state index contributed by atoms with van der Waals surface area (Å²) in [5, 5.41) is 9.46. The van der Waals surface area contributed by atoms with Crippen LogP contribution in [0.15, 0.2) is 78.9 Å². The Labute approximate surface area is 243 Å². The van der Waals surface area contributed by atoms with E-state index in [4.69, 9.17) is 14.5 Å². The van der Waals surface area contributed by atoms with E-state index in [1.54, 1.807) is 42.5 Å². The van der Waals surface area contributed by atoms with Gasteiger partial charge in [-0.3, -0.25) is 0 Å². The minimum absolute atomic E-state index is 0.00311. The molecule has 43 heavy (non-hydrogen) atoms. The Balaban J connectivity index is 1.20. The van der Waals surface area contributed by atoms with Crippen molar-refractivity contribution >= 4 is 17.0 Å². The summed E-state index contributed by atoms with van der Waals surface area (Å²) in [6.45, 7) is 1.19. The molecule has 3 heterocycles. The molecule has 1 fully saturated rings. The SMILES string of the molecule is O=C(O)c1ccc2nc(Cc3ccc(-c4cccc(OCc5ccc(C(F)(F)F)cc5)n4)c(F)c3)n(CC3CCO3)c2c1. The summed E-state index contributed by atoms with van der Waals surface area (Å²) in [7, 11) is 0. The Hall–Kier alpha value is -4.77. The van der Waals surface area contributed by atoms with E-state index in [2.05, 4.69) is 4.98 Å². The average Bonchev–Trinajstić information content (AvgIpc) is 3.29. The number of carbonyl (C=O) groups is 1. The first-order valence-electron chi connectivity index (χ1n) is 13.5. The Bertz CT molecular complexity index is 1800. The molecule has 0 radical (unpaired) electrons. The molecular formula is C32H25F4N3O4. The van der Waals surface area contributed by atoms with Crippen LogP contribution in [0.2, 0.25) is 0 Å². The zero-order chi connectivity index (χ0) is 30.1. The van der Waals surface area contributed by atoms with Gasteiger partial charge >= 0.3 is 12.1 Å². The molecule has 3 aromatic carbocycles. The largest absolute Gasteiger partial charge is 0.478 e. The minimum atomic E-state index is -4.42. The number of fused-ring (bicyclic) bond motifs is 1. The number of hydrogen-bond donors (Lipinski definition) is 1. The second-order valence-electron chi connectivity index (χ2n) is 10.3. The lowest BCUT2D eigenvalue weighted by atomic mass is 10.1. The Morgan fingerprint density at radius 3 is 2.44 bits per heavy atom. The van der Waals surface area contributed by atoms with Gasteiger partial charge in [-0.15, -0.1) is 0 Å². The molecule has 7 nitrogen and oxygen atoms in total. The van der Waals surface area contributed by atoms with Crippen molar-refractivity contribution in [3.63, 3.8) is 0 Å². The first-order valence-corrected chi connectivity index (χ1v) is 13.5. The second-order valence-corrected chi connectivity index (χ2v) is 10.3. The van der Waals surface area contributed by atoms with Crippen LogP contribution >= 0.6 is 0 Å². The molecule has 220 valence electrons. The van der Waals surface area contributed by atoms with Gasteiger partial charge in [0.05, 0.1) is 40.5 Å². The van der Waals surface area contributed by atoms with E-state index < -0.39 is 23.5 Å². The molecule has 11 heteroatoms. The van der Waals surface area contributed by atoms with Crippen molar-refractivity contribution < 1.29 is 36.9 Å². The van der Waals surface area contributed by atoms with E-state index in [9.17, 15) is 23.1 Å². The highest BCUT2D eigenvalue weighted by Gasteiger charge is 2.30. The van der Waals surface area contributed by atoms with Crippen molar-refractivity contribution in [1.82, 2.24) is 14.5 Å². The van der Waals surface area contributed by atoms with Crippen molar-refractivity contribution in [2.75, 3.05) is 6.61 Å². The molecule has 1 saturated heterocycles. The van der Waals surface area contributed by atoms with Gasteiger partial charge in [0.15, 0.2) is 0 Å². The highest BCUT2D eigenvalue weighted by Crippen LogP contribution is 2.30. The molecule has 1 N–H and O–H groups in total. The van der Waals surface area contributed by atoms with Crippen LogP contribution in [0.25, 0.3) is 22.3 Å². The van der Waals surface area contributed by atoms with Crippen LogP contribution in [-0.4, -0.2) is 38.3 Å². The Morgan fingerprint density at radius 1 is 1.00 bits per heavy atom. The minimum Gasteiger partial charge on any atom is -0.478 e. The topological polar surface area (TPSA) is 86.5 Å². The zero-order valence-corrected chi connectivity index (χ0v) is 22.6. The molecular weight excluding hydrogens is 566 g/mol. The Morgan fingerprint density at radius 2 is 1.77 bits per heavy atom. The highest BCUT2D eigenvalue weighted by molar-refractivity contribution is 5.92. The number of halogens is 4. The molecule has 0 spiro atoms. The third kappa shape index (κ3) is 6.21. The van der Waals surface area contributed by atoms with Crippen LogP contribution in [0.4, 0.5) is 17.6 Å². The summed E-state index contributed by atoms with van der Waals surface area (Å²) in [5.74, 6) is -0.662. The number of benzene rings is 3. The van der Waals surface area contributed by atoms with Crippen molar-refractivity contribution in [3.05, 3.63) is 113 Å². The van der Waals surface area contributed by atoms with Crippen LogP contribution in [0.1, 0.15) is 39.3 Å². The molecule has 0 amide bonds. The molecule has 1 unspecified atom stereocenters. The summed E-state index contributed by atoms with van der Waals surface area (Å²) in [6.07, 6.45) is -3.21. The number of aromatic nitrogens is 3. The second kappa shape index (κ2) is 11.5. The number of alkyl halides is 3. The van der Waals surface area contributed by atoms with Crippen molar-refractivity contribution in [1.29, 1.82) is 0 Å². The van der Waals surface area contributed by atoms with E-state index in [0.29, 0.717) is 53.3 Å².